The van der Waals surface area contributed by atoms with Crippen molar-refractivity contribution in [3.8, 4) is 0 Å². The number of hydrogen-bond donors (Lipinski definition) is 2. The highest BCUT2D eigenvalue weighted by molar-refractivity contribution is 5.70. The summed E-state index contributed by atoms with van der Waals surface area (Å²) in [6, 6.07) is 7.85. The van der Waals surface area contributed by atoms with Crippen LogP contribution in [0.2, 0.25) is 0 Å². The van der Waals surface area contributed by atoms with Crippen LogP contribution in [-0.2, 0) is 16.0 Å². The largest absolute Gasteiger partial charge is 0.481 e. The second kappa shape index (κ2) is 6.41. The number of carbonyl (C=O) groups is 2. The number of rotatable bonds is 5. The Morgan fingerprint density at radius 2 is 1.90 bits per heavy atom. The molecule has 1 aromatic carbocycles. The highest BCUT2D eigenvalue weighted by Crippen LogP contribution is 2.24. The summed E-state index contributed by atoms with van der Waals surface area (Å²) in [5, 5.41) is 17.7. The Labute approximate surface area is 117 Å². The molecule has 2 rings (SSSR count). The fourth-order valence-corrected chi connectivity index (χ4v) is 2.54. The average Bonchev–Trinajstić information content (AvgIpc) is 2.45. The zero-order chi connectivity index (χ0) is 14.5. The Bertz CT molecular complexity index is 492. The molecule has 0 unspecified atom stereocenters. The van der Waals surface area contributed by atoms with Crippen LogP contribution in [0.15, 0.2) is 24.3 Å². The Morgan fingerprint density at radius 1 is 1.20 bits per heavy atom. The van der Waals surface area contributed by atoms with Gasteiger partial charge in [0.05, 0.1) is 5.92 Å². The normalized spacial score (nSPS) is 16.1. The van der Waals surface area contributed by atoms with Gasteiger partial charge in [-0.25, -0.2) is 0 Å². The van der Waals surface area contributed by atoms with E-state index in [2.05, 4.69) is 4.90 Å². The predicted octanol–water partition coefficient (Wildman–Crippen LogP) is 2.00. The van der Waals surface area contributed by atoms with Crippen LogP contribution in [0.5, 0.6) is 0 Å². The zero-order valence-corrected chi connectivity index (χ0v) is 11.3. The second-order valence-corrected chi connectivity index (χ2v) is 5.16. The number of hydrogen-bond acceptors (Lipinski definition) is 3. The maximum absolute atomic E-state index is 10.9. The predicted molar refractivity (Wildman–Crippen MR) is 75.0 cm³/mol. The average molecular weight is 277 g/mol. The van der Waals surface area contributed by atoms with Gasteiger partial charge in [0.2, 0.25) is 0 Å². The third-order valence-electron chi connectivity index (χ3n) is 3.75. The van der Waals surface area contributed by atoms with Gasteiger partial charge in [-0.05, 0) is 37.0 Å². The number of carboxylic acid groups (broad SMARTS) is 2. The summed E-state index contributed by atoms with van der Waals surface area (Å²) < 4.78 is 0. The minimum Gasteiger partial charge on any atom is -0.481 e. The Kier molecular flexibility index (Phi) is 4.61. The van der Waals surface area contributed by atoms with Crippen molar-refractivity contribution in [3.63, 3.8) is 0 Å². The minimum absolute atomic E-state index is 0.130. The summed E-state index contributed by atoms with van der Waals surface area (Å²) in [7, 11) is 0. The van der Waals surface area contributed by atoms with E-state index < -0.39 is 11.9 Å². The number of aliphatic carboxylic acids is 2. The smallest absolute Gasteiger partial charge is 0.306 e. The first-order chi connectivity index (χ1) is 9.56. The van der Waals surface area contributed by atoms with Crippen LogP contribution in [0, 0.1) is 5.92 Å². The molecular weight excluding hydrogens is 258 g/mol. The van der Waals surface area contributed by atoms with Gasteiger partial charge >= 0.3 is 11.9 Å². The van der Waals surface area contributed by atoms with Crippen LogP contribution < -0.4 is 4.90 Å². The highest BCUT2D eigenvalue weighted by atomic mass is 16.4. The summed E-state index contributed by atoms with van der Waals surface area (Å²) in [6.45, 7) is 1.47. The summed E-state index contributed by atoms with van der Waals surface area (Å²) in [6.07, 6.45) is 1.97. The van der Waals surface area contributed by atoms with Gasteiger partial charge in [-0.15, -0.1) is 0 Å². The van der Waals surface area contributed by atoms with Crippen molar-refractivity contribution in [1.29, 1.82) is 0 Å². The maximum Gasteiger partial charge on any atom is 0.306 e. The Morgan fingerprint density at radius 3 is 2.50 bits per heavy atom. The molecule has 1 aliphatic rings. The van der Waals surface area contributed by atoms with E-state index in [0.717, 1.165) is 24.3 Å². The van der Waals surface area contributed by atoms with Crippen LogP contribution in [-0.4, -0.2) is 35.2 Å². The molecule has 0 saturated carbocycles. The number of aryl methyl sites for hydroxylation is 1. The van der Waals surface area contributed by atoms with Crippen molar-refractivity contribution in [1.82, 2.24) is 0 Å². The topological polar surface area (TPSA) is 77.8 Å². The molecule has 1 aliphatic heterocycles. The van der Waals surface area contributed by atoms with Crippen molar-refractivity contribution >= 4 is 17.6 Å². The van der Waals surface area contributed by atoms with E-state index in [1.807, 2.05) is 24.3 Å². The third-order valence-corrected chi connectivity index (χ3v) is 3.75. The Balaban J connectivity index is 1.97. The Hall–Kier alpha value is -2.04. The molecule has 0 atom stereocenters. The van der Waals surface area contributed by atoms with Crippen LogP contribution in [0.4, 0.5) is 5.69 Å². The van der Waals surface area contributed by atoms with Gasteiger partial charge in [0, 0.05) is 25.2 Å². The SMILES string of the molecule is O=C(O)CCc1cccc(N2CCC(C(=O)O)CC2)c1. The van der Waals surface area contributed by atoms with E-state index in [1.165, 1.54) is 0 Å². The summed E-state index contributed by atoms with van der Waals surface area (Å²) in [4.78, 5) is 23.7. The number of anilines is 1. The van der Waals surface area contributed by atoms with Gasteiger partial charge in [-0.2, -0.15) is 0 Å². The van der Waals surface area contributed by atoms with Crippen molar-refractivity contribution in [3.05, 3.63) is 29.8 Å². The molecule has 0 aromatic heterocycles. The number of piperidine rings is 1. The standard InChI is InChI=1S/C15H19NO4/c17-14(18)5-4-11-2-1-3-13(10-11)16-8-6-12(7-9-16)15(19)20/h1-3,10,12H,4-9H2,(H,17,18)(H,19,20). The van der Waals surface area contributed by atoms with Crippen molar-refractivity contribution in [2.75, 3.05) is 18.0 Å². The molecule has 2 N–H and O–H groups in total. The number of carboxylic acids is 2. The molecule has 1 fully saturated rings. The lowest BCUT2D eigenvalue weighted by Gasteiger charge is -2.32. The second-order valence-electron chi connectivity index (χ2n) is 5.16. The molecule has 0 amide bonds. The summed E-state index contributed by atoms with van der Waals surface area (Å²) in [5.74, 6) is -1.74. The van der Waals surface area contributed by atoms with Gasteiger partial charge < -0.3 is 15.1 Å². The number of benzene rings is 1. The van der Waals surface area contributed by atoms with E-state index in [-0.39, 0.29) is 12.3 Å². The van der Waals surface area contributed by atoms with Gasteiger partial charge in [0.25, 0.3) is 0 Å². The van der Waals surface area contributed by atoms with Crippen molar-refractivity contribution in [2.45, 2.75) is 25.7 Å². The van der Waals surface area contributed by atoms with E-state index in [4.69, 9.17) is 10.2 Å². The molecular formula is C15H19NO4. The van der Waals surface area contributed by atoms with Crippen LogP contribution in [0.1, 0.15) is 24.8 Å². The lowest BCUT2D eigenvalue weighted by Crippen LogP contribution is -2.36. The molecule has 0 spiro atoms. The minimum atomic E-state index is -0.794. The van der Waals surface area contributed by atoms with Crippen LogP contribution >= 0.6 is 0 Å². The van der Waals surface area contributed by atoms with Crippen LogP contribution in [0.25, 0.3) is 0 Å². The molecule has 0 radical (unpaired) electrons. The van der Waals surface area contributed by atoms with Crippen molar-refractivity contribution in [2.24, 2.45) is 5.92 Å². The number of nitrogens with zero attached hydrogens (tertiary/aromatic N) is 1. The van der Waals surface area contributed by atoms with Crippen molar-refractivity contribution < 1.29 is 19.8 Å². The molecule has 0 bridgehead atoms. The molecule has 5 nitrogen and oxygen atoms in total. The molecule has 0 aliphatic carbocycles. The van der Waals surface area contributed by atoms with E-state index >= 15 is 0 Å². The first-order valence-electron chi connectivity index (χ1n) is 6.85. The van der Waals surface area contributed by atoms with Gasteiger partial charge in [0.15, 0.2) is 0 Å². The first-order valence-corrected chi connectivity index (χ1v) is 6.85. The molecule has 108 valence electrons. The fourth-order valence-electron chi connectivity index (χ4n) is 2.54. The van der Waals surface area contributed by atoms with Gasteiger partial charge in [-0.1, -0.05) is 12.1 Å². The van der Waals surface area contributed by atoms with Gasteiger partial charge in [0.1, 0.15) is 0 Å². The maximum atomic E-state index is 10.9. The zero-order valence-electron chi connectivity index (χ0n) is 11.3. The monoisotopic (exact) mass is 277 g/mol. The molecule has 1 aromatic rings. The molecule has 5 heteroatoms. The summed E-state index contributed by atoms with van der Waals surface area (Å²) in [5.41, 5.74) is 2.06. The lowest BCUT2D eigenvalue weighted by atomic mass is 9.96. The third kappa shape index (κ3) is 3.73. The fraction of sp³-hybridized carbons (Fsp3) is 0.467. The van der Waals surface area contributed by atoms with E-state index in [0.29, 0.717) is 19.3 Å². The summed E-state index contributed by atoms with van der Waals surface area (Å²) >= 11 is 0. The first kappa shape index (κ1) is 14.4. The van der Waals surface area contributed by atoms with Crippen LogP contribution in [0.3, 0.4) is 0 Å². The quantitative estimate of drug-likeness (QED) is 0.860. The van der Waals surface area contributed by atoms with Gasteiger partial charge in [-0.3, -0.25) is 9.59 Å². The van der Waals surface area contributed by atoms with E-state index in [1.54, 1.807) is 0 Å². The van der Waals surface area contributed by atoms with E-state index in [9.17, 15) is 9.59 Å². The highest BCUT2D eigenvalue weighted by Gasteiger charge is 2.24. The molecule has 1 heterocycles. The molecule has 1 saturated heterocycles. The molecule has 20 heavy (non-hydrogen) atoms. The lowest BCUT2D eigenvalue weighted by molar-refractivity contribution is -0.142.